The van der Waals surface area contributed by atoms with E-state index < -0.39 is 12.0 Å². The van der Waals surface area contributed by atoms with Crippen LogP contribution in [0.4, 0.5) is 5.69 Å². The molecule has 0 fully saturated rings. The Balaban J connectivity index is 2.73. The molecule has 0 bridgehead atoms. The standard InChI is InChI=1S/C14H19ClN2O3/c1-8(2)13(14(19)20-3)17-12(18)6-9-4-5-10(15)7-11(9)16/h4-5,7-8,13H,6,16H2,1-3H3,(H,17,18). The summed E-state index contributed by atoms with van der Waals surface area (Å²) in [4.78, 5) is 23.6. The van der Waals surface area contributed by atoms with Crippen molar-refractivity contribution in [2.24, 2.45) is 5.92 Å². The molecule has 1 atom stereocenters. The molecule has 0 heterocycles. The monoisotopic (exact) mass is 298 g/mol. The summed E-state index contributed by atoms with van der Waals surface area (Å²) in [5, 5.41) is 3.17. The quantitative estimate of drug-likeness (QED) is 0.641. The van der Waals surface area contributed by atoms with Gasteiger partial charge in [0.05, 0.1) is 13.5 Å². The van der Waals surface area contributed by atoms with Crippen LogP contribution in [0, 0.1) is 5.92 Å². The highest BCUT2D eigenvalue weighted by molar-refractivity contribution is 6.30. The number of esters is 1. The van der Waals surface area contributed by atoms with Gasteiger partial charge >= 0.3 is 5.97 Å². The molecular formula is C14H19ClN2O3. The molecule has 0 saturated carbocycles. The van der Waals surface area contributed by atoms with Crippen LogP contribution in [-0.2, 0) is 20.7 Å². The number of nitrogens with one attached hydrogen (secondary N) is 1. The average Bonchev–Trinajstić information content (AvgIpc) is 2.38. The van der Waals surface area contributed by atoms with Gasteiger partial charge in [-0.25, -0.2) is 4.79 Å². The van der Waals surface area contributed by atoms with Gasteiger partial charge in [0.2, 0.25) is 5.91 Å². The third-order valence-corrected chi connectivity index (χ3v) is 3.13. The highest BCUT2D eigenvalue weighted by Crippen LogP contribution is 2.18. The van der Waals surface area contributed by atoms with E-state index in [1.165, 1.54) is 7.11 Å². The van der Waals surface area contributed by atoms with E-state index >= 15 is 0 Å². The minimum absolute atomic E-state index is 0.0611. The first-order chi connectivity index (χ1) is 9.35. The fourth-order valence-electron chi connectivity index (χ4n) is 1.75. The number of nitrogens with two attached hydrogens (primary N) is 1. The second kappa shape index (κ2) is 7.14. The van der Waals surface area contributed by atoms with Gasteiger partial charge in [-0.05, 0) is 23.6 Å². The SMILES string of the molecule is COC(=O)C(NC(=O)Cc1ccc(Cl)cc1N)C(C)C. The molecule has 1 aromatic rings. The van der Waals surface area contributed by atoms with Crippen molar-refractivity contribution in [1.82, 2.24) is 5.32 Å². The van der Waals surface area contributed by atoms with E-state index in [2.05, 4.69) is 10.1 Å². The number of nitrogen functional groups attached to an aromatic ring is 1. The number of carbonyl (C=O) groups excluding carboxylic acids is 2. The van der Waals surface area contributed by atoms with Gasteiger partial charge in [0, 0.05) is 10.7 Å². The lowest BCUT2D eigenvalue weighted by molar-refractivity contribution is -0.146. The van der Waals surface area contributed by atoms with Crippen LogP contribution in [-0.4, -0.2) is 25.0 Å². The molecule has 0 radical (unpaired) electrons. The van der Waals surface area contributed by atoms with Gasteiger partial charge in [0.15, 0.2) is 0 Å². The summed E-state index contributed by atoms with van der Waals surface area (Å²) >= 11 is 5.80. The van der Waals surface area contributed by atoms with Gasteiger partial charge in [-0.15, -0.1) is 0 Å². The molecule has 110 valence electrons. The second-order valence-corrected chi connectivity index (χ2v) is 5.27. The lowest BCUT2D eigenvalue weighted by Gasteiger charge is -2.20. The van der Waals surface area contributed by atoms with Crippen molar-refractivity contribution < 1.29 is 14.3 Å². The van der Waals surface area contributed by atoms with Crippen molar-refractivity contribution in [3.8, 4) is 0 Å². The molecule has 5 nitrogen and oxygen atoms in total. The van der Waals surface area contributed by atoms with Gasteiger partial charge < -0.3 is 15.8 Å². The van der Waals surface area contributed by atoms with Crippen molar-refractivity contribution in [1.29, 1.82) is 0 Å². The number of methoxy groups -OCH3 is 1. The number of carbonyl (C=O) groups is 2. The second-order valence-electron chi connectivity index (χ2n) is 4.83. The van der Waals surface area contributed by atoms with Gasteiger partial charge in [0.25, 0.3) is 0 Å². The van der Waals surface area contributed by atoms with Gasteiger partial charge in [-0.3, -0.25) is 4.79 Å². The molecule has 0 spiro atoms. The molecule has 1 rings (SSSR count). The van der Waals surface area contributed by atoms with Crippen LogP contribution in [0.3, 0.4) is 0 Å². The van der Waals surface area contributed by atoms with Crippen LogP contribution in [0.15, 0.2) is 18.2 Å². The van der Waals surface area contributed by atoms with Crippen LogP contribution >= 0.6 is 11.6 Å². The lowest BCUT2D eigenvalue weighted by Crippen LogP contribution is -2.45. The van der Waals surface area contributed by atoms with Crippen molar-refractivity contribution in [3.05, 3.63) is 28.8 Å². The van der Waals surface area contributed by atoms with Crippen molar-refractivity contribution in [2.45, 2.75) is 26.3 Å². The Bertz CT molecular complexity index is 503. The Kier molecular flexibility index (Phi) is 5.82. The van der Waals surface area contributed by atoms with E-state index in [9.17, 15) is 9.59 Å². The lowest BCUT2D eigenvalue weighted by atomic mass is 10.0. The third-order valence-electron chi connectivity index (χ3n) is 2.90. The van der Waals surface area contributed by atoms with Crippen molar-refractivity contribution in [3.63, 3.8) is 0 Å². The van der Waals surface area contributed by atoms with Gasteiger partial charge in [-0.2, -0.15) is 0 Å². The number of anilines is 1. The highest BCUT2D eigenvalue weighted by Gasteiger charge is 2.24. The number of amides is 1. The van der Waals surface area contributed by atoms with Crippen LogP contribution < -0.4 is 11.1 Å². The summed E-state index contributed by atoms with van der Waals surface area (Å²) in [6.07, 6.45) is 0.0865. The van der Waals surface area contributed by atoms with E-state index in [1.807, 2.05) is 13.8 Å². The molecule has 1 amide bonds. The van der Waals surface area contributed by atoms with E-state index in [-0.39, 0.29) is 18.2 Å². The first-order valence-corrected chi connectivity index (χ1v) is 6.64. The topological polar surface area (TPSA) is 81.4 Å². The number of benzene rings is 1. The molecule has 1 unspecified atom stereocenters. The largest absolute Gasteiger partial charge is 0.467 e. The average molecular weight is 299 g/mol. The van der Waals surface area contributed by atoms with E-state index in [0.29, 0.717) is 16.3 Å². The zero-order chi connectivity index (χ0) is 15.3. The number of ether oxygens (including phenoxy) is 1. The van der Waals surface area contributed by atoms with Crippen molar-refractivity contribution >= 4 is 29.2 Å². The van der Waals surface area contributed by atoms with E-state index in [1.54, 1.807) is 18.2 Å². The molecule has 0 aromatic heterocycles. The Hall–Kier alpha value is -1.75. The summed E-state index contributed by atoms with van der Waals surface area (Å²) in [5.74, 6) is -0.811. The molecule has 0 aliphatic heterocycles. The minimum atomic E-state index is -0.666. The predicted octanol–water partition coefficient (Wildman–Crippen LogP) is 1.78. The molecule has 1 aromatic carbocycles. The molecule has 6 heteroatoms. The Labute approximate surface area is 123 Å². The predicted molar refractivity (Wildman–Crippen MR) is 78.4 cm³/mol. The summed E-state index contributed by atoms with van der Waals surface area (Å²) in [7, 11) is 1.29. The first-order valence-electron chi connectivity index (χ1n) is 6.26. The summed E-state index contributed by atoms with van der Waals surface area (Å²) in [5.41, 5.74) is 6.91. The molecular weight excluding hydrogens is 280 g/mol. The van der Waals surface area contributed by atoms with Crippen LogP contribution in [0.5, 0.6) is 0 Å². The normalized spacial score (nSPS) is 12.1. The maximum absolute atomic E-state index is 12.0. The highest BCUT2D eigenvalue weighted by atomic mass is 35.5. The molecule has 0 saturated heterocycles. The summed E-state index contributed by atoms with van der Waals surface area (Å²) in [6, 6.07) is 4.28. The fourth-order valence-corrected chi connectivity index (χ4v) is 1.93. The zero-order valence-electron chi connectivity index (χ0n) is 11.8. The smallest absolute Gasteiger partial charge is 0.328 e. The number of hydrogen-bond donors (Lipinski definition) is 2. The third kappa shape index (κ3) is 4.42. The number of rotatable bonds is 5. The maximum Gasteiger partial charge on any atom is 0.328 e. The Morgan fingerprint density at radius 3 is 2.55 bits per heavy atom. The van der Waals surface area contributed by atoms with Gasteiger partial charge in [-0.1, -0.05) is 31.5 Å². The fraction of sp³-hybridized carbons (Fsp3) is 0.429. The Morgan fingerprint density at radius 2 is 2.05 bits per heavy atom. The minimum Gasteiger partial charge on any atom is -0.467 e. The van der Waals surface area contributed by atoms with Crippen LogP contribution in [0.2, 0.25) is 5.02 Å². The van der Waals surface area contributed by atoms with Crippen molar-refractivity contribution in [2.75, 3.05) is 12.8 Å². The zero-order valence-corrected chi connectivity index (χ0v) is 12.5. The molecule has 3 N–H and O–H groups in total. The number of halogens is 1. The molecule has 0 aliphatic carbocycles. The summed E-state index contributed by atoms with van der Waals surface area (Å²) < 4.78 is 4.67. The summed E-state index contributed by atoms with van der Waals surface area (Å²) in [6.45, 7) is 3.66. The molecule has 20 heavy (non-hydrogen) atoms. The maximum atomic E-state index is 12.0. The van der Waals surface area contributed by atoms with Gasteiger partial charge in [0.1, 0.15) is 6.04 Å². The van der Waals surface area contributed by atoms with Crippen LogP contribution in [0.1, 0.15) is 19.4 Å². The van der Waals surface area contributed by atoms with E-state index in [0.717, 1.165) is 0 Å². The van der Waals surface area contributed by atoms with Crippen LogP contribution in [0.25, 0.3) is 0 Å². The van der Waals surface area contributed by atoms with E-state index in [4.69, 9.17) is 17.3 Å². The molecule has 0 aliphatic rings. The first kappa shape index (κ1) is 16.3. The number of hydrogen-bond acceptors (Lipinski definition) is 4. The Morgan fingerprint density at radius 1 is 1.40 bits per heavy atom.